The molecule has 1 amide bonds. The second-order valence-electron chi connectivity index (χ2n) is 9.56. The van der Waals surface area contributed by atoms with Crippen LogP contribution in [0.3, 0.4) is 0 Å². The van der Waals surface area contributed by atoms with Gasteiger partial charge in [-0.05, 0) is 43.5 Å². The highest BCUT2D eigenvalue weighted by Gasteiger charge is 2.43. The minimum absolute atomic E-state index is 0.0671. The molecule has 2 aliphatic rings. The van der Waals surface area contributed by atoms with E-state index in [9.17, 15) is 22.4 Å². The number of fused-ring (bicyclic) bond motifs is 1. The van der Waals surface area contributed by atoms with Crippen molar-refractivity contribution < 1.29 is 22.4 Å². The number of rotatable bonds is 7. The number of Topliss-reactive ketones (excluding diaryl/α,β-unsaturated/α-hetero) is 1. The molecule has 1 aliphatic heterocycles. The van der Waals surface area contributed by atoms with Crippen LogP contribution in [0.4, 0.5) is 10.2 Å². The van der Waals surface area contributed by atoms with Gasteiger partial charge >= 0.3 is 0 Å². The van der Waals surface area contributed by atoms with E-state index in [0.29, 0.717) is 28.9 Å². The fraction of sp³-hybridized carbons (Fsp3) is 0.346. The number of carbonyl (C=O) groups excluding carboxylic acids is 2. The van der Waals surface area contributed by atoms with Crippen molar-refractivity contribution in [2.45, 2.75) is 44.7 Å². The van der Waals surface area contributed by atoms with Crippen molar-refractivity contribution in [3.8, 4) is 11.3 Å². The monoisotopic (exact) mass is 510 g/mol. The van der Waals surface area contributed by atoms with Crippen LogP contribution in [-0.2, 0) is 27.8 Å². The van der Waals surface area contributed by atoms with Crippen LogP contribution in [-0.4, -0.2) is 52.3 Å². The van der Waals surface area contributed by atoms with Crippen LogP contribution in [0.2, 0.25) is 0 Å². The van der Waals surface area contributed by atoms with Crippen molar-refractivity contribution in [3.63, 3.8) is 0 Å². The normalized spacial score (nSPS) is 19.8. The molecular weight excluding hydrogens is 483 g/mol. The summed E-state index contributed by atoms with van der Waals surface area (Å²) in [6, 6.07) is 13.1. The van der Waals surface area contributed by atoms with Crippen molar-refractivity contribution in [2.75, 3.05) is 11.9 Å². The van der Waals surface area contributed by atoms with E-state index in [0.717, 1.165) is 11.1 Å². The molecule has 0 saturated heterocycles. The number of sulfonamides is 1. The standard InChI is InChI=1S/C26H27FN4O4S/c1-15(2)36(34,35)31-13-21-24(22(32)14-31)19(10-16-6-4-3-5-7-16)25(29-21)17-8-9-28-23(11-17)30-26(33)18-12-20(18)27/h3-9,11,15,18,20,29H,10,12-14H2,1-2H3,(H,28,30,33)/t18-,20+/m1/s1. The summed E-state index contributed by atoms with van der Waals surface area (Å²) >= 11 is 0. The summed E-state index contributed by atoms with van der Waals surface area (Å²) in [5.41, 5.74) is 4.14. The van der Waals surface area contributed by atoms with Gasteiger partial charge in [0.1, 0.15) is 12.0 Å². The molecule has 2 N–H and O–H groups in total. The van der Waals surface area contributed by atoms with Crippen molar-refractivity contribution in [1.29, 1.82) is 0 Å². The van der Waals surface area contributed by atoms with E-state index >= 15 is 0 Å². The van der Waals surface area contributed by atoms with Crippen LogP contribution in [0.1, 0.15) is 47.4 Å². The highest BCUT2D eigenvalue weighted by Crippen LogP contribution is 2.36. The average molecular weight is 511 g/mol. The summed E-state index contributed by atoms with van der Waals surface area (Å²) < 4.78 is 40.1. The van der Waals surface area contributed by atoms with Gasteiger partial charge in [0.05, 0.1) is 30.0 Å². The first-order valence-corrected chi connectivity index (χ1v) is 13.4. The number of amides is 1. The topological polar surface area (TPSA) is 112 Å². The van der Waals surface area contributed by atoms with Crippen LogP contribution >= 0.6 is 0 Å². The molecule has 3 aromatic rings. The maximum absolute atomic E-state index is 13.3. The lowest BCUT2D eigenvalue weighted by atomic mass is 9.94. The molecule has 0 bridgehead atoms. The Morgan fingerprint density at radius 3 is 2.61 bits per heavy atom. The molecule has 8 nitrogen and oxygen atoms in total. The molecule has 1 aromatic carbocycles. The molecule has 1 fully saturated rings. The summed E-state index contributed by atoms with van der Waals surface area (Å²) in [6.45, 7) is 3.04. The van der Waals surface area contributed by atoms with Gasteiger partial charge in [-0.1, -0.05) is 30.3 Å². The number of nitrogens with one attached hydrogen (secondary N) is 2. The lowest BCUT2D eigenvalue weighted by molar-refractivity contribution is -0.117. The number of ketones is 1. The van der Waals surface area contributed by atoms with Gasteiger partial charge in [0.2, 0.25) is 15.9 Å². The van der Waals surface area contributed by atoms with Crippen molar-refractivity contribution in [3.05, 3.63) is 71.0 Å². The van der Waals surface area contributed by atoms with E-state index in [1.807, 2.05) is 30.3 Å². The van der Waals surface area contributed by atoms with Gasteiger partial charge < -0.3 is 10.3 Å². The van der Waals surface area contributed by atoms with Crippen molar-refractivity contribution in [1.82, 2.24) is 14.3 Å². The minimum atomic E-state index is -3.63. The van der Waals surface area contributed by atoms with Gasteiger partial charge in [0, 0.05) is 29.4 Å². The highest BCUT2D eigenvalue weighted by atomic mass is 32.2. The van der Waals surface area contributed by atoms with Crippen molar-refractivity contribution >= 4 is 27.5 Å². The molecule has 1 aliphatic carbocycles. The Morgan fingerprint density at radius 1 is 1.22 bits per heavy atom. The zero-order valence-electron chi connectivity index (χ0n) is 20.0. The fourth-order valence-corrected chi connectivity index (χ4v) is 5.74. The maximum Gasteiger partial charge on any atom is 0.231 e. The molecular formula is C26H27FN4O4S. The second-order valence-corrected chi connectivity index (χ2v) is 12.0. The van der Waals surface area contributed by atoms with E-state index in [1.165, 1.54) is 10.5 Å². The number of hydrogen-bond acceptors (Lipinski definition) is 5. The maximum atomic E-state index is 13.3. The molecule has 2 aromatic heterocycles. The first-order chi connectivity index (χ1) is 17.1. The van der Waals surface area contributed by atoms with Gasteiger partial charge in [-0.2, -0.15) is 4.31 Å². The number of benzene rings is 1. The Balaban J connectivity index is 1.56. The van der Waals surface area contributed by atoms with E-state index in [4.69, 9.17) is 0 Å². The SMILES string of the molecule is CC(C)S(=O)(=O)N1CC(=O)c2c([nH]c(-c3ccnc(NC(=O)[C@@H]4C[C@@H]4F)c3)c2Cc2ccccc2)C1. The van der Waals surface area contributed by atoms with E-state index in [-0.39, 0.29) is 31.1 Å². The Bertz CT molecular complexity index is 1440. The lowest BCUT2D eigenvalue weighted by Crippen LogP contribution is -2.42. The summed E-state index contributed by atoms with van der Waals surface area (Å²) in [6.07, 6.45) is 1.10. The highest BCUT2D eigenvalue weighted by molar-refractivity contribution is 7.89. The van der Waals surface area contributed by atoms with E-state index < -0.39 is 33.3 Å². The minimum Gasteiger partial charge on any atom is -0.356 e. The fourth-order valence-electron chi connectivity index (χ4n) is 4.53. The zero-order chi connectivity index (χ0) is 25.6. The molecule has 10 heteroatoms. The van der Waals surface area contributed by atoms with Crippen LogP contribution in [0.5, 0.6) is 0 Å². The predicted octanol–water partition coefficient (Wildman–Crippen LogP) is 3.70. The Morgan fingerprint density at radius 2 is 1.94 bits per heavy atom. The third-order valence-electron chi connectivity index (χ3n) is 6.64. The largest absolute Gasteiger partial charge is 0.356 e. The Labute approximate surface area is 209 Å². The number of hydrogen-bond donors (Lipinski definition) is 2. The van der Waals surface area contributed by atoms with Gasteiger partial charge in [-0.25, -0.2) is 17.8 Å². The number of pyridine rings is 1. The molecule has 0 radical (unpaired) electrons. The zero-order valence-corrected chi connectivity index (χ0v) is 20.8. The number of H-pyrrole nitrogens is 1. The molecule has 0 unspecified atom stereocenters. The number of aromatic amines is 1. The number of nitrogens with zero attached hydrogens (tertiary/aromatic N) is 2. The molecule has 36 heavy (non-hydrogen) atoms. The van der Waals surface area contributed by atoms with Gasteiger partial charge in [0.25, 0.3) is 0 Å². The summed E-state index contributed by atoms with van der Waals surface area (Å²) in [7, 11) is -3.63. The predicted molar refractivity (Wildman–Crippen MR) is 134 cm³/mol. The molecule has 188 valence electrons. The first kappa shape index (κ1) is 24.3. The number of anilines is 1. The molecule has 1 saturated carbocycles. The molecule has 3 heterocycles. The third kappa shape index (κ3) is 4.58. The Kier molecular flexibility index (Phi) is 6.25. The number of halogens is 1. The van der Waals surface area contributed by atoms with E-state index in [2.05, 4.69) is 15.3 Å². The van der Waals surface area contributed by atoms with Crippen molar-refractivity contribution in [2.24, 2.45) is 5.92 Å². The summed E-state index contributed by atoms with van der Waals surface area (Å²) in [5, 5.41) is 2.02. The van der Waals surface area contributed by atoms with Gasteiger partial charge in [0.15, 0.2) is 5.78 Å². The number of aromatic nitrogens is 2. The second kappa shape index (κ2) is 9.25. The summed E-state index contributed by atoms with van der Waals surface area (Å²) in [5.74, 6) is -1.04. The van der Waals surface area contributed by atoms with Crippen LogP contribution in [0, 0.1) is 5.92 Å². The third-order valence-corrected chi connectivity index (χ3v) is 8.81. The molecule has 0 spiro atoms. The van der Waals surface area contributed by atoms with Crippen LogP contribution in [0.25, 0.3) is 11.3 Å². The lowest BCUT2D eigenvalue weighted by Gasteiger charge is -2.27. The number of carbonyl (C=O) groups is 2. The average Bonchev–Trinajstić information content (AvgIpc) is 3.47. The van der Waals surface area contributed by atoms with Crippen LogP contribution in [0.15, 0.2) is 48.7 Å². The molecule has 5 rings (SSSR count). The van der Waals surface area contributed by atoms with Gasteiger partial charge in [-0.15, -0.1) is 0 Å². The Hall–Kier alpha value is -3.37. The first-order valence-electron chi connectivity index (χ1n) is 11.9. The smallest absolute Gasteiger partial charge is 0.231 e. The molecule has 2 atom stereocenters. The number of alkyl halides is 1. The van der Waals surface area contributed by atoms with E-state index in [1.54, 1.807) is 26.0 Å². The van der Waals surface area contributed by atoms with Gasteiger partial charge in [-0.3, -0.25) is 9.59 Å². The quantitative estimate of drug-likeness (QED) is 0.503. The summed E-state index contributed by atoms with van der Waals surface area (Å²) in [4.78, 5) is 33.0. The van der Waals surface area contributed by atoms with Crippen LogP contribution < -0.4 is 5.32 Å².